The third-order valence-corrected chi connectivity index (χ3v) is 2.06. The van der Waals surface area contributed by atoms with Crippen LogP contribution in [0.5, 0.6) is 5.88 Å². The molecule has 2 N–H and O–H groups in total. The molecule has 0 saturated carbocycles. The van der Waals surface area contributed by atoms with Gasteiger partial charge >= 0.3 is 0 Å². The molecular weight excluding hydrogens is 218 g/mol. The molecule has 0 fully saturated rings. The van der Waals surface area contributed by atoms with Crippen molar-refractivity contribution in [1.29, 1.82) is 0 Å². The molecule has 2 aromatic rings. The SMILES string of the molecule is COc1cc(-n2cc(Cl)c(N)n2)ncn1. The quantitative estimate of drug-likeness (QED) is 0.822. The highest BCUT2D eigenvalue weighted by molar-refractivity contribution is 6.32. The highest BCUT2D eigenvalue weighted by Crippen LogP contribution is 2.18. The van der Waals surface area contributed by atoms with Crippen LogP contribution in [0.4, 0.5) is 5.82 Å². The number of rotatable bonds is 2. The van der Waals surface area contributed by atoms with Crippen molar-refractivity contribution < 1.29 is 4.74 Å². The number of nitrogens with two attached hydrogens (primary N) is 1. The van der Waals surface area contributed by atoms with E-state index in [-0.39, 0.29) is 5.82 Å². The molecule has 15 heavy (non-hydrogen) atoms. The minimum absolute atomic E-state index is 0.259. The number of anilines is 1. The molecule has 0 radical (unpaired) electrons. The first kappa shape index (κ1) is 9.72. The zero-order chi connectivity index (χ0) is 10.8. The minimum Gasteiger partial charge on any atom is -0.481 e. The van der Waals surface area contributed by atoms with Crippen molar-refractivity contribution in [2.45, 2.75) is 0 Å². The lowest BCUT2D eigenvalue weighted by atomic mass is 10.5. The molecule has 0 amide bonds. The van der Waals surface area contributed by atoms with Crippen molar-refractivity contribution in [2.75, 3.05) is 12.8 Å². The Hall–Kier alpha value is -1.82. The second-order valence-electron chi connectivity index (χ2n) is 2.73. The summed E-state index contributed by atoms with van der Waals surface area (Å²) in [6, 6.07) is 1.63. The number of aromatic nitrogens is 4. The van der Waals surface area contributed by atoms with E-state index < -0.39 is 0 Å². The highest BCUT2D eigenvalue weighted by Gasteiger charge is 2.06. The number of nitrogen functional groups attached to an aromatic ring is 1. The topological polar surface area (TPSA) is 78.9 Å². The van der Waals surface area contributed by atoms with Crippen LogP contribution < -0.4 is 10.5 Å². The van der Waals surface area contributed by atoms with Gasteiger partial charge in [-0.05, 0) is 0 Å². The van der Waals surface area contributed by atoms with Crippen LogP contribution in [0.25, 0.3) is 5.82 Å². The van der Waals surface area contributed by atoms with E-state index >= 15 is 0 Å². The van der Waals surface area contributed by atoms with Gasteiger partial charge in [0.2, 0.25) is 5.88 Å². The van der Waals surface area contributed by atoms with E-state index in [0.717, 1.165) is 0 Å². The molecule has 0 atom stereocenters. The van der Waals surface area contributed by atoms with E-state index in [1.807, 2.05) is 0 Å². The summed E-state index contributed by atoms with van der Waals surface area (Å²) < 4.78 is 6.42. The molecular formula is C8H8ClN5O. The maximum atomic E-state index is 5.77. The normalized spacial score (nSPS) is 10.3. The van der Waals surface area contributed by atoms with Gasteiger partial charge in [0.05, 0.1) is 13.3 Å². The summed E-state index contributed by atoms with van der Waals surface area (Å²) in [4.78, 5) is 7.88. The van der Waals surface area contributed by atoms with Gasteiger partial charge in [0.25, 0.3) is 0 Å². The predicted octanol–water partition coefficient (Wildman–Crippen LogP) is 0.906. The van der Waals surface area contributed by atoms with Gasteiger partial charge in [-0.1, -0.05) is 11.6 Å². The summed E-state index contributed by atoms with van der Waals surface area (Å²) in [7, 11) is 1.52. The maximum absolute atomic E-state index is 5.77. The summed E-state index contributed by atoms with van der Waals surface area (Å²) in [6.45, 7) is 0. The molecule has 0 aromatic carbocycles. The summed E-state index contributed by atoms with van der Waals surface area (Å²) in [5, 5.41) is 4.35. The fourth-order valence-corrected chi connectivity index (χ4v) is 1.18. The van der Waals surface area contributed by atoms with Gasteiger partial charge in [-0.15, -0.1) is 5.10 Å². The van der Waals surface area contributed by atoms with Crippen LogP contribution in [-0.2, 0) is 0 Å². The van der Waals surface area contributed by atoms with Crippen LogP contribution in [0, 0.1) is 0 Å². The second-order valence-corrected chi connectivity index (χ2v) is 3.13. The Bertz CT molecular complexity index is 464. The maximum Gasteiger partial charge on any atom is 0.218 e. The Morgan fingerprint density at radius 2 is 2.27 bits per heavy atom. The van der Waals surface area contributed by atoms with Crippen LogP contribution in [-0.4, -0.2) is 26.9 Å². The molecule has 0 aliphatic carbocycles. The molecule has 0 saturated heterocycles. The van der Waals surface area contributed by atoms with Crippen LogP contribution in [0.15, 0.2) is 18.6 Å². The van der Waals surface area contributed by atoms with E-state index in [4.69, 9.17) is 22.1 Å². The largest absolute Gasteiger partial charge is 0.481 e. The molecule has 2 rings (SSSR count). The fourth-order valence-electron chi connectivity index (χ4n) is 1.05. The molecule has 0 spiro atoms. The van der Waals surface area contributed by atoms with Gasteiger partial charge in [-0.2, -0.15) is 0 Å². The summed E-state index contributed by atoms with van der Waals surface area (Å²) >= 11 is 5.77. The third kappa shape index (κ3) is 1.84. The zero-order valence-corrected chi connectivity index (χ0v) is 8.64. The molecule has 0 aliphatic rings. The van der Waals surface area contributed by atoms with Crippen LogP contribution in [0.2, 0.25) is 5.02 Å². The number of methoxy groups -OCH3 is 1. The number of halogens is 1. The standard InChI is InChI=1S/C8H8ClN5O/c1-15-7-2-6(11-4-12-7)14-3-5(9)8(10)13-14/h2-4H,1H3,(H2,10,13). The average Bonchev–Trinajstić information content (AvgIpc) is 2.59. The number of hydrogen-bond acceptors (Lipinski definition) is 5. The number of hydrogen-bond donors (Lipinski definition) is 1. The van der Waals surface area contributed by atoms with Crippen molar-refractivity contribution in [3.05, 3.63) is 23.6 Å². The minimum atomic E-state index is 0.259. The number of ether oxygens (including phenoxy) is 1. The van der Waals surface area contributed by atoms with Gasteiger partial charge in [0.1, 0.15) is 11.3 Å². The summed E-state index contributed by atoms with van der Waals surface area (Å²) in [6.07, 6.45) is 2.94. The Morgan fingerprint density at radius 3 is 2.87 bits per heavy atom. The van der Waals surface area contributed by atoms with E-state index in [0.29, 0.717) is 16.7 Å². The van der Waals surface area contributed by atoms with E-state index in [2.05, 4.69) is 15.1 Å². The monoisotopic (exact) mass is 225 g/mol. The lowest BCUT2D eigenvalue weighted by Crippen LogP contribution is -2.00. The molecule has 0 aliphatic heterocycles. The van der Waals surface area contributed by atoms with Crippen molar-refractivity contribution in [1.82, 2.24) is 19.7 Å². The van der Waals surface area contributed by atoms with Crippen molar-refractivity contribution >= 4 is 17.4 Å². The van der Waals surface area contributed by atoms with E-state index in [1.165, 1.54) is 18.1 Å². The van der Waals surface area contributed by atoms with Crippen molar-refractivity contribution in [3.8, 4) is 11.7 Å². The second kappa shape index (κ2) is 3.74. The summed E-state index contributed by atoms with van der Waals surface area (Å²) in [5.41, 5.74) is 5.51. The van der Waals surface area contributed by atoms with E-state index in [1.54, 1.807) is 12.3 Å². The number of nitrogens with zero attached hydrogens (tertiary/aromatic N) is 4. The van der Waals surface area contributed by atoms with Crippen molar-refractivity contribution in [2.24, 2.45) is 0 Å². The van der Waals surface area contributed by atoms with Gasteiger partial charge in [0, 0.05) is 6.07 Å². The molecule has 0 bridgehead atoms. The Morgan fingerprint density at radius 1 is 1.47 bits per heavy atom. The lowest BCUT2D eigenvalue weighted by molar-refractivity contribution is 0.396. The Kier molecular flexibility index (Phi) is 2.42. The molecule has 2 heterocycles. The zero-order valence-electron chi connectivity index (χ0n) is 7.88. The van der Waals surface area contributed by atoms with Crippen molar-refractivity contribution in [3.63, 3.8) is 0 Å². The Balaban J connectivity index is 2.44. The predicted molar refractivity (Wildman–Crippen MR) is 55.1 cm³/mol. The fraction of sp³-hybridized carbons (Fsp3) is 0.125. The van der Waals surface area contributed by atoms with Crippen LogP contribution in [0.3, 0.4) is 0 Å². The van der Waals surface area contributed by atoms with Gasteiger partial charge in [-0.3, -0.25) is 0 Å². The molecule has 2 aromatic heterocycles. The van der Waals surface area contributed by atoms with Crippen LogP contribution >= 0.6 is 11.6 Å². The van der Waals surface area contributed by atoms with E-state index in [9.17, 15) is 0 Å². The first-order chi connectivity index (χ1) is 7.20. The lowest BCUT2D eigenvalue weighted by Gasteiger charge is -2.01. The van der Waals surface area contributed by atoms with Gasteiger partial charge < -0.3 is 10.5 Å². The molecule has 6 nitrogen and oxygen atoms in total. The highest BCUT2D eigenvalue weighted by atomic mass is 35.5. The first-order valence-corrected chi connectivity index (χ1v) is 4.45. The smallest absolute Gasteiger partial charge is 0.218 e. The molecule has 78 valence electrons. The average molecular weight is 226 g/mol. The van der Waals surface area contributed by atoms with Gasteiger partial charge in [0.15, 0.2) is 11.6 Å². The first-order valence-electron chi connectivity index (χ1n) is 4.08. The molecule has 7 heteroatoms. The third-order valence-electron chi connectivity index (χ3n) is 1.77. The molecule has 0 unspecified atom stereocenters. The van der Waals surface area contributed by atoms with Gasteiger partial charge in [-0.25, -0.2) is 14.6 Å². The summed E-state index contributed by atoms with van der Waals surface area (Å²) in [5.74, 6) is 1.25. The Labute approximate surface area is 90.7 Å². The van der Waals surface area contributed by atoms with Crippen LogP contribution in [0.1, 0.15) is 0 Å².